The molecule has 1 saturated heterocycles. The summed E-state index contributed by atoms with van der Waals surface area (Å²) in [5, 5.41) is 0. The van der Waals surface area contributed by atoms with Crippen molar-refractivity contribution in [1.29, 1.82) is 0 Å². The Bertz CT molecular complexity index is 583. The molecule has 1 aromatic heterocycles. The van der Waals surface area contributed by atoms with E-state index < -0.39 is 11.7 Å². The minimum absolute atomic E-state index is 0.0220. The van der Waals surface area contributed by atoms with Crippen LogP contribution in [-0.2, 0) is 9.53 Å². The quantitative estimate of drug-likeness (QED) is 0.764. The molecule has 1 aliphatic rings. The van der Waals surface area contributed by atoms with Gasteiger partial charge in [0, 0.05) is 19.3 Å². The van der Waals surface area contributed by atoms with E-state index in [1.165, 1.54) is 4.90 Å². The summed E-state index contributed by atoms with van der Waals surface area (Å²) in [5.74, 6) is -0.117. The summed E-state index contributed by atoms with van der Waals surface area (Å²) in [6.45, 7) is 8.24. The largest absolute Gasteiger partial charge is 0.444 e. The third-order valence-electron chi connectivity index (χ3n) is 3.61. The summed E-state index contributed by atoms with van der Waals surface area (Å²) in [6.07, 6.45) is 1.12. The number of aromatic nitrogens is 1. The topological polar surface area (TPSA) is 62.7 Å². The molecule has 122 valence electrons. The standard InChI is InChI=1S/C16H22BN3O3/c1-11(13-6-5-12(17)9-18-13)20-8-7-19(10-14(20)21)15(22)23-16(2,3)4/h5-6,9,11H,7-8,10H2,1-4H3. The molecule has 0 aliphatic carbocycles. The van der Waals surface area contributed by atoms with Crippen LogP contribution in [0.25, 0.3) is 0 Å². The molecule has 0 saturated carbocycles. The number of pyridine rings is 1. The van der Waals surface area contributed by atoms with Gasteiger partial charge in [0.25, 0.3) is 0 Å². The monoisotopic (exact) mass is 315 g/mol. The molecule has 2 amide bonds. The summed E-state index contributed by atoms with van der Waals surface area (Å²) in [6, 6.07) is 3.41. The van der Waals surface area contributed by atoms with E-state index in [1.807, 2.05) is 13.0 Å². The number of nitrogens with zero attached hydrogens (tertiary/aromatic N) is 3. The lowest BCUT2D eigenvalue weighted by Crippen LogP contribution is -2.53. The first-order chi connectivity index (χ1) is 10.7. The molecule has 1 atom stereocenters. The van der Waals surface area contributed by atoms with Gasteiger partial charge in [-0.2, -0.15) is 0 Å². The number of rotatable bonds is 2. The van der Waals surface area contributed by atoms with E-state index in [0.717, 1.165) is 5.69 Å². The fraction of sp³-hybridized carbons (Fsp3) is 0.562. The van der Waals surface area contributed by atoms with Crippen molar-refractivity contribution in [1.82, 2.24) is 14.8 Å². The van der Waals surface area contributed by atoms with Crippen LogP contribution in [-0.4, -0.2) is 59.9 Å². The third-order valence-corrected chi connectivity index (χ3v) is 3.61. The summed E-state index contributed by atoms with van der Waals surface area (Å²) in [5.41, 5.74) is 0.790. The lowest BCUT2D eigenvalue weighted by atomic mass is 9.98. The maximum Gasteiger partial charge on any atom is 0.410 e. The van der Waals surface area contributed by atoms with Crippen LogP contribution >= 0.6 is 0 Å². The SMILES string of the molecule is [B]c1ccc(C(C)N2CCN(C(=O)OC(C)(C)C)CC2=O)nc1. The van der Waals surface area contributed by atoms with Crippen molar-refractivity contribution in [2.24, 2.45) is 0 Å². The lowest BCUT2D eigenvalue weighted by Gasteiger charge is -2.38. The molecule has 2 heterocycles. The number of hydrogen-bond donors (Lipinski definition) is 0. The fourth-order valence-corrected chi connectivity index (χ4v) is 2.40. The van der Waals surface area contributed by atoms with Crippen LogP contribution in [0.3, 0.4) is 0 Å². The van der Waals surface area contributed by atoms with Crippen molar-refractivity contribution in [2.75, 3.05) is 19.6 Å². The molecule has 7 heteroatoms. The van der Waals surface area contributed by atoms with Crippen molar-refractivity contribution in [3.8, 4) is 0 Å². The Morgan fingerprint density at radius 2 is 2.04 bits per heavy atom. The molecule has 1 aromatic rings. The van der Waals surface area contributed by atoms with Gasteiger partial charge in [-0.25, -0.2) is 4.79 Å². The Hall–Kier alpha value is -2.05. The Morgan fingerprint density at radius 1 is 1.35 bits per heavy atom. The van der Waals surface area contributed by atoms with Crippen molar-refractivity contribution >= 4 is 25.3 Å². The molecule has 1 fully saturated rings. The summed E-state index contributed by atoms with van der Waals surface area (Å²) >= 11 is 0. The van der Waals surface area contributed by atoms with Crippen LogP contribution in [0.4, 0.5) is 4.79 Å². The highest BCUT2D eigenvalue weighted by Crippen LogP contribution is 2.21. The lowest BCUT2D eigenvalue weighted by molar-refractivity contribution is -0.138. The highest BCUT2D eigenvalue weighted by atomic mass is 16.6. The average Bonchev–Trinajstić information content (AvgIpc) is 2.45. The molecule has 0 N–H and O–H groups in total. The van der Waals surface area contributed by atoms with E-state index in [1.54, 1.807) is 37.9 Å². The van der Waals surface area contributed by atoms with Gasteiger partial charge < -0.3 is 9.64 Å². The Morgan fingerprint density at radius 3 is 2.57 bits per heavy atom. The van der Waals surface area contributed by atoms with Crippen molar-refractivity contribution in [3.05, 3.63) is 24.0 Å². The zero-order valence-electron chi connectivity index (χ0n) is 14.1. The highest BCUT2D eigenvalue weighted by molar-refractivity contribution is 6.32. The first kappa shape index (κ1) is 17.3. The first-order valence-corrected chi connectivity index (χ1v) is 7.66. The third kappa shape index (κ3) is 4.47. The first-order valence-electron chi connectivity index (χ1n) is 7.66. The van der Waals surface area contributed by atoms with Crippen LogP contribution in [0.2, 0.25) is 0 Å². The van der Waals surface area contributed by atoms with E-state index >= 15 is 0 Å². The predicted octanol–water partition coefficient (Wildman–Crippen LogP) is 1.02. The number of ether oxygens (including phenoxy) is 1. The molecule has 0 spiro atoms. The van der Waals surface area contributed by atoms with E-state index in [-0.39, 0.29) is 18.5 Å². The second-order valence-electron chi connectivity index (χ2n) is 6.68. The van der Waals surface area contributed by atoms with Gasteiger partial charge in [-0.1, -0.05) is 11.5 Å². The van der Waals surface area contributed by atoms with Gasteiger partial charge in [-0.15, -0.1) is 0 Å². The predicted molar refractivity (Wildman–Crippen MR) is 87.6 cm³/mol. The van der Waals surface area contributed by atoms with E-state index in [4.69, 9.17) is 12.6 Å². The van der Waals surface area contributed by atoms with Crippen LogP contribution in [0, 0.1) is 0 Å². The fourth-order valence-electron chi connectivity index (χ4n) is 2.40. The van der Waals surface area contributed by atoms with Gasteiger partial charge in [-0.05, 0) is 33.8 Å². The molecule has 1 aliphatic heterocycles. The zero-order valence-corrected chi connectivity index (χ0v) is 14.1. The number of hydrogen-bond acceptors (Lipinski definition) is 4. The van der Waals surface area contributed by atoms with Crippen LogP contribution in [0.5, 0.6) is 0 Å². The van der Waals surface area contributed by atoms with Gasteiger partial charge in [0.05, 0.1) is 11.7 Å². The van der Waals surface area contributed by atoms with Gasteiger partial charge in [0.1, 0.15) is 20.0 Å². The maximum absolute atomic E-state index is 12.4. The van der Waals surface area contributed by atoms with Crippen LogP contribution < -0.4 is 5.46 Å². The second-order valence-corrected chi connectivity index (χ2v) is 6.68. The summed E-state index contributed by atoms with van der Waals surface area (Å²) in [4.78, 5) is 31.9. The number of piperazine rings is 1. The summed E-state index contributed by atoms with van der Waals surface area (Å²) < 4.78 is 5.31. The van der Waals surface area contributed by atoms with Crippen LogP contribution in [0.1, 0.15) is 39.4 Å². The molecule has 2 radical (unpaired) electrons. The molecule has 2 rings (SSSR count). The van der Waals surface area contributed by atoms with Crippen LogP contribution in [0.15, 0.2) is 18.3 Å². The molecular weight excluding hydrogens is 293 g/mol. The van der Waals surface area contributed by atoms with Gasteiger partial charge in [0.15, 0.2) is 0 Å². The van der Waals surface area contributed by atoms with Gasteiger partial charge >= 0.3 is 6.09 Å². The van der Waals surface area contributed by atoms with E-state index in [0.29, 0.717) is 18.6 Å². The molecule has 0 aromatic carbocycles. The Balaban J connectivity index is 2.00. The minimum Gasteiger partial charge on any atom is -0.444 e. The van der Waals surface area contributed by atoms with Crippen molar-refractivity contribution < 1.29 is 14.3 Å². The molecule has 6 nitrogen and oxygen atoms in total. The minimum atomic E-state index is -0.571. The number of carbonyl (C=O) groups is 2. The number of amides is 2. The summed E-state index contributed by atoms with van der Waals surface area (Å²) in [7, 11) is 5.63. The number of carbonyl (C=O) groups excluding carboxylic acids is 2. The van der Waals surface area contributed by atoms with Crippen molar-refractivity contribution in [2.45, 2.75) is 39.3 Å². The van der Waals surface area contributed by atoms with E-state index in [9.17, 15) is 9.59 Å². The molecule has 1 unspecified atom stereocenters. The van der Waals surface area contributed by atoms with E-state index in [2.05, 4.69) is 4.98 Å². The second kappa shape index (κ2) is 6.60. The molecular formula is C16H22BN3O3. The van der Waals surface area contributed by atoms with Crippen molar-refractivity contribution in [3.63, 3.8) is 0 Å². The highest BCUT2D eigenvalue weighted by Gasteiger charge is 2.32. The molecule has 0 bridgehead atoms. The molecule has 23 heavy (non-hydrogen) atoms. The smallest absolute Gasteiger partial charge is 0.410 e. The maximum atomic E-state index is 12.4. The van der Waals surface area contributed by atoms with Gasteiger partial charge in [0.2, 0.25) is 5.91 Å². The van der Waals surface area contributed by atoms with Gasteiger partial charge in [-0.3, -0.25) is 14.7 Å². The average molecular weight is 315 g/mol. The Labute approximate surface area is 138 Å². The zero-order chi connectivity index (χ0) is 17.2. The Kier molecular flexibility index (Phi) is 4.97. The normalized spacial score (nSPS) is 17.1.